The number of hydrogen-bond acceptors (Lipinski definition) is 4. The van der Waals surface area contributed by atoms with Crippen LogP contribution in [0.5, 0.6) is 0 Å². The molecule has 0 bridgehead atoms. The van der Waals surface area contributed by atoms with E-state index in [-0.39, 0.29) is 17.1 Å². The van der Waals surface area contributed by atoms with Crippen molar-refractivity contribution in [1.29, 1.82) is 0 Å². The van der Waals surface area contributed by atoms with Crippen molar-refractivity contribution < 1.29 is 14.3 Å². The van der Waals surface area contributed by atoms with E-state index in [2.05, 4.69) is 26.2 Å². The van der Waals surface area contributed by atoms with E-state index >= 15 is 0 Å². The molecule has 0 amide bonds. The van der Waals surface area contributed by atoms with Crippen molar-refractivity contribution >= 4 is 39.1 Å². The highest BCUT2D eigenvalue weighted by Gasteiger charge is 2.13. The van der Waals surface area contributed by atoms with E-state index in [1.54, 1.807) is 0 Å². The number of carboxylic acids is 1. The number of anilines is 3. The van der Waals surface area contributed by atoms with E-state index in [0.717, 1.165) is 0 Å². The number of pyridine rings is 1. The van der Waals surface area contributed by atoms with E-state index in [1.165, 1.54) is 30.5 Å². The maximum absolute atomic E-state index is 13.0. The maximum Gasteiger partial charge on any atom is 0.339 e. The molecule has 0 aliphatic heterocycles. The fraction of sp³-hybridized carbons (Fsp3) is 0. The van der Waals surface area contributed by atoms with Gasteiger partial charge in [-0.1, -0.05) is 0 Å². The Kier molecular flexibility index (Phi) is 3.66. The lowest BCUT2D eigenvalue weighted by molar-refractivity contribution is 0.0697. The molecular formula is C12H9BrFN3O2. The number of nitrogens with zero attached hydrogens (tertiary/aromatic N) is 1. The van der Waals surface area contributed by atoms with Crippen LogP contribution in [-0.2, 0) is 0 Å². The molecule has 19 heavy (non-hydrogen) atoms. The summed E-state index contributed by atoms with van der Waals surface area (Å²) >= 11 is 3.18. The van der Waals surface area contributed by atoms with Gasteiger partial charge in [0.05, 0.1) is 17.6 Å². The number of carbonyl (C=O) groups is 1. The number of benzene rings is 1. The zero-order chi connectivity index (χ0) is 14.0. The third kappa shape index (κ3) is 3.00. The van der Waals surface area contributed by atoms with Crippen molar-refractivity contribution in [3.63, 3.8) is 0 Å². The molecule has 98 valence electrons. The summed E-state index contributed by atoms with van der Waals surface area (Å²) in [7, 11) is 0. The first-order valence-corrected chi connectivity index (χ1v) is 5.97. The molecule has 2 rings (SSSR count). The SMILES string of the molecule is Nc1cnc(Nc2ccc(F)cc2Br)c(C(=O)O)c1. The summed E-state index contributed by atoms with van der Waals surface area (Å²) in [6.45, 7) is 0. The predicted molar refractivity (Wildman–Crippen MR) is 73.0 cm³/mol. The van der Waals surface area contributed by atoms with Gasteiger partial charge in [-0.25, -0.2) is 14.2 Å². The number of carboxylic acid groups (broad SMARTS) is 1. The molecule has 0 fully saturated rings. The summed E-state index contributed by atoms with van der Waals surface area (Å²) in [5.41, 5.74) is 6.19. The van der Waals surface area contributed by atoms with Gasteiger partial charge in [0.15, 0.2) is 0 Å². The normalized spacial score (nSPS) is 10.2. The Morgan fingerprint density at radius 3 is 2.79 bits per heavy atom. The molecule has 0 unspecified atom stereocenters. The van der Waals surface area contributed by atoms with Crippen LogP contribution in [0.3, 0.4) is 0 Å². The number of halogens is 2. The first-order chi connectivity index (χ1) is 8.97. The number of rotatable bonds is 3. The summed E-state index contributed by atoms with van der Waals surface area (Å²) in [5, 5.41) is 11.9. The molecule has 1 aromatic carbocycles. The van der Waals surface area contributed by atoms with E-state index in [0.29, 0.717) is 10.2 Å². The van der Waals surface area contributed by atoms with Crippen molar-refractivity contribution in [2.24, 2.45) is 0 Å². The Bertz CT molecular complexity index is 649. The Hall–Kier alpha value is -2.15. The molecule has 4 N–H and O–H groups in total. The van der Waals surface area contributed by atoms with Crippen LogP contribution in [0.25, 0.3) is 0 Å². The average molecular weight is 326 g/mol. The van der Waals surface area contributed by atoms with E-state index < -0.39 is 11.8 Å². The fourth-order valence-electron chi connectivity index (χ4n) is 1.46. The van der Waals surface area contributed by atoms with Crippen LogP contribution in [0.4, 0.5) is 21.6 Å². The predicted octanol–water partition coefficient (Wildman–Crippen LogP) is 3.01. The van der Waals surface area contributed by atoms with Crippen molar-refractivity contribution in [2.45, 2.75) is 0 Å². The fourth-order valence-corrected chi connectivity index (χ4v) is 1.91. The highest BCUT2D eigenvalue weighted by Crippen LogP contribution is 2.27. The lowest BCUT2D eigenvalue weighted by Crippen LogP contribution is -2.06. The van der Waals surface area contributed by atoms with Crippen LogP contribution in [0.15, 0.2) is 34.9 Å². The van der Waals surface area contributed by atoms with Crippen molar-refractivity contribution in [3.05, 3.63) is 46.3 Å². The molecule has 0 saturated carbocycles. The van der Waals surface area contributed by atoms with Crippen molar-refractivity contribution in [3.8, 4) is 0 Å². The lowest BCUT2D eigenvalue weighted by Gasteiger charge is -2.10. The molecule has 1 aromatic heterocycles. The Balaban J connectivity index is 2.40. The molecule has 0 saturated heterocycles. The minimum absolute atomic E-state index is 0.0591. The van der Waals surface area contributed by atoms with Gasteiger partial charge in [-0.15, -0.1) is 0 Å². The van der Waals surface area contributed by atoms with Gasteiger partial charge in [0.1, 0.15) is 17.2 Å². The largest absolute Gasteiger partial charge is 0.478 e. The van der Waals surface area contributed by atoms with Crippen LogP contribution in [0, 0.1) is 5.82 Å². The summed E-state index contributed by atoms with van der Waals surface area (Å²) in [6.07, 6.45) is 1.34. The van der Waals surface area contributed by atoms with Gasteiger partial charge in [0.25, 0.3) is 0 Å². The van der Waals surface area contributed by atoms with Crippen LogP contribution < -0.4 is 11.1 Å². The quantitative estimate of drug-likeness (QED) is 0.807. The second-order valence-electron chi connectivity index (χ2n) is 3.72. The second kappa shape index (κ2) is 5.23. The molecule has 7 heteroatoms. The molecule has 0 aliphatic carbocycles. The van der Waals surface area contributed by atoms with Gasteiger partial charge >= 0.3 is 5.97 Å². The number of aromatic carboxylic acids is 1. The zero-order valence-corrected chi connectivity index (χ0v) is 11.1. The maximum atomic E-state index is 13.0. The summed E-state index contributed by atoms with van der Waals surface area (Å²) in [5.74, 6) is -1.42. The number of aromatic nitrogens is 1. The lowest BCUT2D eigenvalue weighted by atomic mass is 10.2. The average Bonchev–Trinajstić information content (AvgIpc) is 2.34. The topological polar surface area (TPSA) is 88.2 Å². The zero-order valence-electron chi connectivity index (χ0n) is 9.52. The minimum Gasteiger partial charge on any atom is -0.478 e. The molecule has 0 atom stereocenters. The third-order valence-corrected chi connectivity index (χ3v) is 2.98. The van der Waals surface area contributed by atoms with Gasteiger partial charge in [0, 0.05) is 4.47 Å². The smallest absolute Gasteiger partial charge is 0.339 e. The number of nitrogens with one attached hydrogen (secondary N) is 1. The van der Waals surface area contributed by atoms with Crippen LogP contribution in [0.1, 0.15) is 10.4 Å². The Morgan fingerprint density at radius 1 is 1.42 bits per heavy atom. The van der Waals surface area contributed by atoms with Gasteiger partial charge < -0.3 is 16.2 Å². The van der Waals surface area contributed by atoms with Gasteiger partial charge in [-0.2, -0.15) is 0 Å². The molecule has 0 spiro atoms. The molecular weight excluding hydrogens is 317 g/mol. The monoisotopic (exact) mass is 325 g/mol. The van der Waals surface area contributed by atoms with Crippen molar-refractivity contribution in [2.75, 3.05) is 11.1 Å². The van der Waals surface area contributed by atoms with E-state index in [4.69, 9.17) is 10.8 Å². The number of nitrogens with two attached hydrogens (primary N) is 1. The first-order valence-electron chi connectivity index (χ1n) is 5.18. The first kappa shape index (κ1) is 13.3. The Morgan fingerprint density at radius 2 is 2.16 bits per heavy atom. The summed E-state index contributed by atoms with van der Waals surface area (Å²) in [6, 6.07) is 5.29. The minimum atomic E-state index is -1.15. The highest BCUT2D eigenvalue weighted by molar-refractivity contribution is 9.10. The number of hydrogen-bond donors (Lipinski definition) is 3. The third-order valence-electron chi connectivity index (χ3n) is 2.32. The molecule has 0 aliphatic rings. The Labute approximate surface area is 116 Å². The second-order valence-corrected chi connectivity index (χ2v) is 4.57. The van der Waals surface area contributed by atoms with Crippen LogP contribution >= 0.6 is 15.9 Å². The summed E-state index contributed by atoms with van der Waals surface area (Å²) in [4.78, 5) is 15.0. The molecule has 2 aromatic rings. The van der Waals surface area contributed by atoms with E-state index in [1.807, 2.05) is 0 Å². The molecule has 0 radical (unpaired) electrons. The summed E-state index contributed by atoms with van der Waals surface area (Å²) < 4.78 is 13.4. The standard InChI is InChI=1S/C12H9BrFN3O2/c13-9-3-6(14)1-2-10(9)17-11-8(12(18)19)4-7(15)5-16-11/h1-5H,15H2,(H,16,17)(H,18,19). The van der Waals surface area contributed by atoms with E-state index in [9.17, 15) is 9.18 Å². The number of nitrogen functional groups attached to an aromatic ring is 1. The van der Waals surface area contributed by atoms with Gasteiger partial charge in [-0.3, -0.25) is 0 Å². The molecule has 5 nitrogen and oxygen atoms in total. The van der Waals surface area contributed by atoms with Crippen LogP contribution in [-0.4, -0.2) is 16.1 Å². The van der Waals surface area contributed by atoms with Gasteiger partial charge in [-0.05, 0) is 40.2 Å². The highest BCUT2D eigenvalue weighted by atomic mass is 79.9. The molecule has 1 heterocycles. The van der Waals surface area contributed by atoms with Crippen LogP contribution in [0.2, 0.25) is 0 Å². The van der Waals surface area contributed by atoms with Crippen molar-refractivity contribution in [1.82, 2.24) is 4.98 Å². The van der Waals surface area contributed by atoms with Gasteiger partial charge in [0.2, 0.25) is 0 Å².